The van der Waals surface area contributed by atoms with Gasteiger partial charge in [0.15, 0.2) is 0 Å². The van der Waals surface area contributed by atoms with E-state index in [0.717, 1.165) is 28.6 Å². The third-order valence-corrected chi connectivity index (χ3v) is 7.28. The highest BCUT2D eigenvalue weighted by Crippen LogP contribution is 2.50. The lowest BCUT2D eigenvalue weighted by Gasteiger charge is -2.47. The molecule has 1 aliphatic carbocycles. The zero-order valence-corrected chi connectivity index (χ0v) is 18.3. The van der Waals surface area contributed by atoms with Crippen LogP contribution in [-0.4, -0.2) is 39.6 Å². The number of ether oxygens (including phenoxy) is 1. The number of pyridine rings is 1. The number of allylic oxidation sites excluding steroid dienone is 2. The van der Waals surface area contributed by atoms with Crippen molar-refractivity contribution in [1.29, 1.82) is 0 Å². The lowest BCUT2D eigenvalue weighted by Crippen LogP contribution is -2.51. The van der Waals surface area contributed by atoms with Crippen LogP contribution in [0, 0.1) is 11.8 Å². The summed E-state index contributed by atoms with van der Waals surface area (Å²) in [4.78, 5) is 19.1. The van der Waals surface area contributed by atoms with Crippen molar-refractivity contribution in [3.05, 3.63) is 53.2 Å². The van der Waals surface area contributed by atoms with Gasteiger partial charge in [0.1, 0.15) is 6.10 Å². The van der Waals surface area contributed by atoms with Gasteiger partial charge in [-0.25, -0.2) is 0 Å². The molecule has 2 heterocycles. The molecule has 1 N–H and O–H groups in total. The normalized spacial score (nSPS) is 26.2. The van der Waals surface area contributed by atoms with E-state index in [-0.39, 0.29) is 24.7 Å². The summed E-state index contributed by atoms with van der Waals surface area (Å²) in [5, 5.41) is 10.5. The van der Waals surface area contributed by atoms with Gasteiger partial charge in [0, 0.05) is 36.2 Å². The van der Waals surface area contributed by atoms with E-state index in [1.54, 1.807) is 6.20 Å². The number of nitrogens with zero attached hydrogens (tertiary/aromatic N) is 2. The molecule has 5 nitrogen and oxygen atoms in total. The SMILES string of the molecule is CC=C(C)[C@@H]1CC2[C@H]1CCN2[C@H](C)[C@H](OC(C)=O)c1ccnc2ccc(CO)cc12. The van der Waals surface area contributed by atoms with Crippen LogP contribution >= 0.6 is 0 Å². The number of fused-ring (bicyclic) bond motifs is 2. The standard InChI is InChI=1S/C25H32N2O3/c1-5-15(2)21-13-24-19(21)9-11-27(24)16(3)25(30-17(4)29)20-8-10-26-23-7-6-18(14-28)12-22(20)23/h5-8,10,12,16,19,21,24-25,28H,9,11,13-14H2,1-4H3/t16-,19+,21+,24?,25+/m1/s1. The summed E-state index contributed by atoms with van der Waals surface area (Å²) < 4.78 is 5.91. The Morgan fingerprint density at radius 3 is 2.87 bits per heavy atom. The van der Waals surface area contributed by atoms with Crippen molar-refractivity contribution in [2.45, 2.75) is 65.3 Å². The van der Waals surface area contributed by atoms with Gasteiger partial charge in [-0.2, -0.15) is 0 Å². The van der Waals surface area contributed by atoms with Crippen molar-refractivity contribution in [2.75, 3.05) is 6.54 Å². The van der Waals surface area contributed by atoms with Gasteiger partial charge < -0.3 is 9.84 Å². The van der Waals surface area contributed by atoms with Crippen LogP contribution in [0.3, 0.4) is 0 Å². The topological polar surface area (TPSA) is 62.7 Å². The Balaban J connectivity index is 1.66. The molecule has 0 spiro atoms. The summed E-state index contributed by atoms with van der Waals surface area (Å²) >= 11 is 0. The van der Waals surface area contributed by atoms with Crippen LogP contribution in [0.25, 0.3) is 10.9 Å². The lowest BCUT2D eigenvalue weighted by atomic mass is 9.66. The van der Waals surface area contributed by atoms with Crippen LogP contribution in [0.1, 0.15) is 57.8 Å². The first-order valence-electron chi connectivity index (χ1n) is 11.0. The number of carbonyl (C=O) groups excluding carboxylic acids is 1. The number of hydrogen-bond donors (Lipinski definition) is 1. The average Bonchev–Trinajstić information content (AvgIpc) is 3.06. The summed E-state index contributed by atoms with van der Waals surface area (Å²) in [6.07, 6.45) is 6.03. The lowest BCUT2D eigenvalue weighted by molar-refractivity contribution is -0.151. The zero-order chi connectivity index (χ0) is 21.4. The highest BCUT2D eigenvalue weighted by Gasteiger charge is 2.50. The number of likely N-dealkylation sites (tertiary alicyclic amines) is 1. The quantitative estimate of drug-likeness (QED) is 0.567. The van der Waals surface area contributed by atoms with E-state index in [1.807, 2.05) is 24.3 Å². The van der Waals surface area contributed by atoms with Gasteiger partial charge in [-0.1, -0.05) is 17.7 Å². The number of hydrogen-bond acceptors (Lipinski definition) is 5. The van der Waals surface area contributed by atoms with Gasteiger partial charge >= 0.3 is 5.97 Å². The van der Waals surface area contributed by atoms with Crippen LogP contribution in [-0.2, 0) is 16.1 Å². The van der Waals surface area contributed by atoms with Crippen LogP contribution in [0.15, 0.2) is 42.1 Å². The molecule has 1 unspecified atom stereocenters. The number of rotatable bonds is 6. The van der Waals surface area contributed by atoms with Crippen molar-refractivity contribution in [3.63, 3.8) is 0 Å². The van der Waals surface area contributed by atoms with Crippen molar-refractivity contribution in [1.82, 2.24) is 9.88 Å². The fourth-order valence-electron chi connectivity index (χ4n) is 5.50. The Hall–Kier alpha value is -2.24. The second-order valence-electron chi connectivity index (χ2n) is 8.81. The molecule has 5 heteroatoms. The molecular weight excluding hydrogens is 376 g/mol. The van der Waals surface area contributed by atoms with Gasteiger partial charge in [0.25, 0.3) is 0 Å². The van der Waals surface area contributed by atoms with Crippen LogP contribution in [0.5, 0.6) is 0 Å². The molecule has 0 bridgehead atoms. The smallest absolute Gasteiger partial charge is 0.303 e. The predicted octanol–water partition coefficient (Wildman–Crippen LogP) is 4.40. The number of aliphatic hydroxyl groups is 1. The minimum Gasteiger partial charge on any atom is -0.456 e. The zero-order valence-electron chi connectivity index (χ0n) is 18.3. The Kier molecular flexibility index (Phi) is 5.94. The first-order chi connectivity index (χ1) is 14.4. The number of aromatic nitrogens is 1. The molecule has 1 aromatic carbocycles. The van der Waals surface area contributed by atoms with E-state index in [1.165, 1.54) is 25.3 Å². The fraction of sp³-hybridized carbons (Fsp3) is 0.520. The second kappa shape index (κ2) is 8.48. The first kappa shape index (κ1) is 21.0. The highest BCUT2D eigenvalue weighted by atomic mass is 16.5. The van der Waals surface area contributed by atoms with Gasteiger partial charge in [-0.05, 0) is 75.8 Å². The van der Waals surface area contributed by atoms with Gasteiger partial charge in [0.2, 0.25) is 0 Å². The highest BCUT2D eigenvalue weighted by molar-refractivity contribution is 5.83. The molecule has 160 valence electrons. The molecule has 30 heavy (non-hydrogen) atoms. The Labute approximate surface area is 178 Å². The maximum absolute atomic E-state index is 12.0. The summed E-state index contributed by atoms with van der Waals surface area (Å²) in [6, 6.07) is 8.34. The van der Waals surface area contributed by atoms with Crippen LogP contribution in [0.2, 0.25) is 0 Å². The van der Waals surface area contributed by atoms with Crippen molar-refractivity contribution in [2.24, 2.45) is 11.8 Å². The molecule has 4 rings (SSSR count). The van der Waals surface area contributed by atoms with Crippen LogP contribution < -0.4 is 0 Å². The molecular formula is C25H32N2O3. The molecule has 5 atom stereocenters. The summed E-state index contributed by atoms with van der Waals surface area (Å²) in [5.74, 6) is 1.12. The molecule has 2 aliphatic rings. The molecule has 1 aromatic heterocycles. The number of carbonyl (C=O) groups is 1. The third-order valence-electron chi connectivity index (χ3n) is 7.28. The van der Waals surface area contributed by atoms with E-state index in [4.69, 9.17) is 4.74 Å². The van der Waals surface area contributed by atoms with E-state index in [9.17, 15) is 9.90 Å². The maximum atomic E-state index is 12.0. The number of esters is 1. The molecule has 0 amide bonds. The van der Waals surface area contributed by atoms with E-state index < -0.39 is 0 Å². The van der Waals surface area contributed by atoms with E-state index in [2.05, 4.69) is 36.7 Å². The second-order valence-corrected chi connectivity index (χ2v) is 8.81. The van der Waals surface area contributed by atoms with E-state index >= 15 is 0 Å². The van der Waals surface area contributed by atoms with Crippen molar-refractivity contribution < 1.29 is 14.6 Å². The largest absolute Gasteiger partial charge is 0.456 e. The Morgan fingerprint density at radius 2 is 2.17 bits per heavy atom. The first-order valence-corrected chi connectivity index (χ1v) is 11.0. The molecule has 1 saturated heterocycles. The van der Waals surface area contributed by atoms with Crippen molar-refractivity contribution in [3.8, 4) is 0 Å². The molecule has 1 aliphatic heterocycles. The third kappa shape index (κ3) is 3.65. The fourth-order valence-corrected chi connectivity index (χ4v) is 5.50. The monoisotopic (exact) mass is 408 g/mol. The molecule has 0 radical (unpaired) electrons. The maximum Gasteiger partial charge on any atom is 0.303 e. The molecule has 2 fully saturated rings. The number of benzene rings is 1. The Morgan fingerprint density at radius 1 is 1.37 bits per heavy atom. The van der Waals surface area contributed by atoms with Crippen molar-refractivity contribution >= 4 is 16.9 Å². The van der Waals surface area contributed by atoms with Gasteiger partial charge in [-0.15, -0.1) is 0 Å². The molecule has 2 aromatic rings. The van der Waals surface area contributed by atoms with Gasteiger partial charge in [-0.3, -0.25) is 14.7 Å². The van der Waals surface area contributed by atoms with Crippen LogP contribution in [0.4, 0.5) is 0 Å². The molecule has 1 saturated carbocycles. The predicted molar refractivity (Wildman–Crippen MR) is 118 cm³/mol. The van der Waals surface area contributed by atoms with E-state index in [0.29, 0.717) is 17.9 Å². The Bertz CT molecular complexity index is 970. The average molecular weight is 409 g/mol. The minimum absolute atomic E-state index is 0.0281. The van der Waals surface area contributed by atoms with Gasteiger partial charge in [0.05, 0.1) is 12.1 Å². The minimum atomic E-state index is -0.373. The number of aliphatic hydroxyl groups excluding tert-OH is 1. The summed E-state index contributed by atoms with van der Waals surface area (Å²) in [7, 11) is 0. The summed E-state index contributed by atoms with van der Waals surface area (Å²) in [6.45, 7) is 9.03. The summed E-state index contributed by atoms with van der Waals surface area (Å²) in [5.41, 5.74) is 4.14.